The van der Waals surface area contributed by atoms with Crippen molar-refractivity contribution in [2.24, 2.45) is 0 Å². The summed E-state index contributed by atoms with van der Waals surface area (Å²) in [6, 6.07) is 33.7. The summed E-state index contributed by atoms with van der Waals surface area (Å²) in [6.45, 7) is 2.59. The van der Waals surface area contributed by atoms with Crippen molar-refractivity contribution in [1.29, 1.82) is 0 Å². The Morgan fingerprint density at radius 1 is 0.750 bits per heavy atom. The van der Waals surface area contributed by atoms with Gasteiger partial charge >= 0.3 is 0 Å². The van der Waals surface area contributed by atoms with Gasteiger partial charge in [0.2, 0.25) is 0 Å². The Bertz CT molecular complexity index is 1710. The van der Waals surface area contributed by atoms with Crippen LogP contribution < -0.4 is 9.47 Å². The number of carbonyl (C=O) groups is 1. The quantitative estimate of drug-likeness (QED) is 0.179. The zero-order valence-corrected chi connectivity index (χ0v) is 26.0. The molecular formula is C35H32Cl2N4O3. The van der Waals surface area contributed by atoms with E-state index >= 15 is 0 Å². The minimum absolute atomic E-state index is 0.102. The number of ether oxygens (including phenoxy) is 2. The first-order valence-electron chi connectivity index (χ1n) is 14.4. The van der Waals surface area contributed by atoms with Crippen LogP contribution in [0.15, 0.2) is 103 Å². The molecule has 0 N–H and O–H groups in total. The second-order valence-corrected chi connectivity index (χ2v) is 11.4. The minimum atomic E-state index is -0.113. The van der Waals surface area contributed by atoms with Crippen LogP contribution >= 0.6 is 23.2 Å². The molecular weight excluding hydrogens is 595 g/mol. The molecule has 0 atom stereocenters. The van der Waals surface area contributed by atoms with Gasteiger partial charge in [-0.1, -0.05) is 83.9 Å². The summed E-state index contributed by atoms with van der Waals surface area (Å²) in [7, 11) is 3.20. The molecule has 6 rings (SSSR count). The highest BCUT2D eigenvalue weighted by Crippen LogP contribution is 2.35. The molecule has 1 aliphatic rings. The molecule has 9 heteroatoms. The van der Waals surface area contributed by atoms with E-state index in [0.29, 0.717) is 51.7 Å². The van der Waals surface area contributed by atoms with E-state index < -0.39 is 0 Å². The Morgan fingerprint density at radius 3 is 2.00 bits per heavy atom. The Balaban J connectivity index is 1.31. The highest BCUT2D eigenvalue weighted by Gasteiger charge is 2.31. The summed E-state index contributed by atoms with van der Waals surface area (Å²) in [4.78, 5) is 18.5. The largest absolute Gasteiger partial charge is 0.497 e. The molecule has 1 amide bonds. The Labute approximate surface area is 267 Å². The van der Waals surface area contributed by atoms with Crippen molar-refractivity contribution in [3.63, 3.8) is 0 Å². The maximum Gasteiger partial charge on any atom is 0.272 e. The number of halogens is 2. The van der Waals surface area contributed by atoms with Crippen LogP contribution in [0.2, 0.25) is 10.0 Å². The number of aromatic nitrogens is 2. The van der Waals surface area contributed by atoms with Crippen molar-refractivity contribution >= 4 is 29.1 Å². The summed E-state index contributed by atoms with van der Waals surface area (Å²) >= 11 is 12.6. The fourth-order valence-corrected chi connectivity index (χ4v) is 6.01. The second-order valence-electron chi connectivity index (χ2n) is 10.5. The van der Waals surface area contributed by atoms with Gasteiger partial charge in [0.25, 0.3) is 5.91 Å². The zero-order chi connectivity index (χ0) is 30.6. The lowest BCUT2D eigenvalue weighted by Crippen LogP contribution is -2.50. The summed E-state index contributed by atoms with van der Waals surface area (Å²) in [5.41, 5.74) is 4.84. The maximum atomic E-state index is 14.2. The molecule has 0 spiro atoms. The molecule has 0 saturated carbocycles. The molecule has 5 aromatic rings. The van der Waals surface area contributed by atoms with Gasteiger partial charge in [-0.05, 0) is 47.5 Å². The Morgan fingerprint density at radius 2 is 1.41 bits per heavy atom. The second kappa shape index (κ2) is 13.1. The van der Waals surface area contributed by atoms with Crippen LogP contribution in [0.25, 0.3) is 16.9 Å². The fourth-order valence-electron chi connectivity index (χ4n) is 5.72. The van der Waals surface area contributed by atoms with E-state index in [2.05, 4.69) is 53.4 Å². The van der Waals surface area contributed by atoms with Crippen LogP contribution in [-0.2, 0) is 0 Å². The number of benzene rings is 4. The molecule has 224 valence electrons. The third-order valence-electron chi connectivity index (χ3n) is 7.96. The van der Waals surface area contributed by atoms with E-state index in [4.69, 9.17) is 37.8 Å². The lowest BCUT2D eigenvalue weighted by atomic mass is 9.96. The summed E-state index contributed by atoms with van der Waals surface area (Å²) in [6.07, 6.45) is 0. The highest BCUT2D eigenvalue weighted by atomic mass is 35.5. The predicted molar refractivity (Wildman–Crippen MR) is 174 cm³/mol. The monoisotopic (exact) mass is 626 g/mol. The molecule has 1 saturated heterocycles. The van der Waals surface area contributed by atoms with E-state index in [9.17, 15) is 4.79 Å². The zero-order valence-electron chi connectivity index (χ0n) is 24.5. The molecule has 4 aromatic carbocycles. The SMILES string of the molecule is COc1ccc(-c2cc(C(=O)N3CCN(C(c4ccccc4)c4ccccc4)CC3)n(-c3ccc(Cl)c(Cl)c3)n2)c(OC)c1. The van der Waals surface area contributed by atoms with Crippen molar-refractivity contribution in [3.8, 4) is 28.4 Å². The number of rotatable bonds is 8. The lowest BCUT2D eigenvalue weighted by molar-refractivity contribution is 0.0588. The normalized spacial score (nSPS) is 13.7. The Kier molecular flexibility index (Phi) is 8.89. The van der Waals surface area contributed by atoms with E-state index in [1.165, 1.54) is 11.1 Å². The molecule has 0 radical (unpaired) electrons. The first kappa shape index (κ1) is 29.8. The van der Waals surface area contributed by atoms with Gasteiger partial charge in [0.1, 0.15) is 17.2 Å². The number of nitrogens with zero attached hydrogens (tertiary/aromatic N) is 4. The third kappa shape index (κ3) is 6.04. The van der Waals surface area contributed by atoms with Gasteiger partial charge in [-0.2, -0.15) is 5.10 Å². The molecule has 0 bridgehead atoms. The van der Waals surface area contributed by atoms with Gasteiger partial charge in [-0.15, -0.1) is 0 Å². The molecule has 1 fully saturated rings. The third-order valence-corrected chi connectivity index (χ3v) is 8.70. The van der Waals surface area contributed by atoms with Gasteiger partial charge in [-0.3, -0.25) is 9.69 Å². The fraction of sp³-hybridized carbons (Fsp3) is 0.200. The van der Waals surface area contributed by atoms with Gasteiger partial charge in [0, 0.05) is 37.8 Å². The van der Waals surface area contributed by atoms with Crippen molar-refractivity contribution < 1.29 is 14.3 Å². The predicted octanol–water partition coefficient (Wildman–Crippen LogP) is 7.41. The molecule has 2 heterocycles. The number of hydrogen-bond acceptors (Lipinski definition) is 5. The van der Waals surface area contributed by atoms with Crippen LogP contribution in [0, 0.1) is 0 Å². The van der Waals surface area contributed by atoms with Crippen LogP contribution in [0.5, 0.6) is 11.5 Å². The van der Waals surface area contributed by atoms with Crippen LogP contribution in [-0.4, -0.2) is 65.9 Å². The van der Waals surface area contributed by atoms with Crippen LogP contribution in [0.3, 0.4) is 0 Å². The molecule has 0 aliphatic carbocycles. The van der Waals surface area contributed by atoms with Crippen LogP contribution in [0.1, 0.15) is 27.7 Å². The van der Waals surface area contributed by atoms with E-state index in [1.54, 1.807) is 49.2 Å². The summed E-state index contributed by atoms with van der Waals surface area (Å²) in [5, 5.41) is 5.66. The average Bonchev–Trinajstić information content (AvgIpc) is 3.52. The number of carbonyl (C=O) groups excluding carboxylic acids is 1. The van der Waals surface area contributed by atoms with Crippen molar-refractivity contribution in [2.45, 2.75) is 6.04 Å². The molecule has 0 unspecified atom stereocenters. The minimum Gasteiger partial charge on any atom is -0.497 e. The molecule has 44 heavy (non-hydrogen) atoms. The smallest absolute Gasteiger partial charge is 0.272 e. The van der Waals surface area contributed by atoms with E-state index in [-0.39, 0.29) is 11.9 Å². The van der Waals surface area contributed by atoms with E-state index in [0.717, 1.165) is 18.7 Å². The molecule has 7 nitrogen and oxygen atoms in total. The number of methoxy groups -OCH3 is 2. The van der Waals surface area contributed by atoms with Crippen molar-refractivity contribution in [3.05, 3.63) is 130 Å². The number of piperazine rings is 1. The van der Waals surface area contributed by atoms with Gasteiger partial charge < -0.3 is 14.4 Å². The van der Waals surface area contributed by atoms with Crippen LogP contribution in [0.4, 0.5) is 0 Å². The molecule has 1 aliphatic heterocycles. The number of amides is 1. The highest BCUT2D eigenvalue weighted by molar-refractivity contribution is 6.42. The van der Waals surface area contributed by atoms with Gasteiger partial charge in [0.05, 0.1) is 41.7 Å². The van der Waals surface area contributed by atoms with E-state index in [1.807, 2.05) is 29.2 Å². The lowest BCUT2D eigenvalue weighted by Gasteiger charge is -2.39. The standard InChI is InChI=1S/C35H32Cl2N4O3/c1-43-27-14-15-28(33(22-27)44-2)31-23-32(41(38-31)26-13-16-29(36)30(37)21-26)35(42)40-19-17-39(18-20-40)34(24-9-5-3-6-10-24)25-11-7-4-8-12-25/h3-16,21-23,34H,17-20H2,1-2H3. The van der Waals surface area contributed by atoms with Crippen molar-refractivity contribution in [2.75, 3.05) is 40.4 Å². The summed E-state index contributed by atoms with van der Waals surface area (Å²) in [5.74, 6) is 1.13. The number of hydrogen-bond donors (Lipinski definition) is 0. The Hall–Kier alpha value is -4.30. The van der Waals surface area contributed by atoms with Crippen molar-refractivity contribution in [1.82, 2.24) is 19.6 Å². The first-order chi connectivity index (χ1) is 21.5. The molecule has 1 aromatic heterocycles. The topological polar surface area (TPSA) is 59.8 Å². The maximum absolute atomic E-state index is 14.2. The average molecular weight is 628 g/mol. The first-order valence-corrected chi connectivity index (χ1v) is 15.1. The van der Waals surface area contributed by atoms with Gasteiger partial charge in [0.15, 0.2) is 0 Å². The summed E-state index contributed by atoms with van der Waals surface area (Å²) < 4.78 is 12.7. The van der Waals surface area contributed by atoms with Gasteiger partial charge in [-0.25, -0.2) is 4.68 Å².